The number of Topliss-reactive ketones (excluding diaryl/α,β-unsaturated/α-hetero) is 1. The van der Waals surface area contributed by atoms with E-state index >= 15 is 0 Å². The van der Waals surface area contributed by atoms with Gasteiger partial charge in [0.15, 0.2) is 0 Å². The second-order valence-corrected chi connectivity index (χ2v) is 4.55. The molecule has 15 heavy (non-hydrogen) atoms. The summed E-state index contributed by atoms with van der Waals surface area (Å²) in [5.74, 6) is 0.798. The quantitative estimate of drug-likeness (QED) is 0.735. The number of ketones is 1. The molecule has 0 atom stereocenters. The van der Waals surface area contributed by atoms with E-state index in [0.29, 0.717) is 18.1 Å². The Bertz CT molecular complexity index is 348. The van der Waals surface area contributed by atoms with E-state index in [1.54, 1.807) is 0 Å². The van der Waals surface area contributed by atoms with Crippen molar-refractivity contribution in [2.24, 2.45) is 5.92 Å². The highest BCUT2D eigenvalue weighted by Crippen LogP contribution is 2.26. The Morgan fingerprint density at radius 2 is 1.93 bits per heavy atom. The molecule has 1 saturated carbocycles. The van der Waals surface area contributed by atoms with E-state index in [-0.39, 0.29) is 0 Å². The maximum atomic E-state index is 12.0. The predicted octanol–water partition coefficient (Wildman–Crippen LogP) is 3.30. The number of hydrogen-bond acceptors (Lipinski definition) is 1. The summed E-state index contributed by atoms with van der Waals surface area (Å²) >= 11 is 0. The van der Waals surface area contributed by atoms with Crippen molar-refractivity contribution >= 4 is 5.78 Å². The normalized spacial score (nSPS) is 16.9. The van der Waals surface area contributed by atoms with Crippen LogP contribution in [0, 0.1) is 12.8 Å². The lowest BCUT2D eigenvalue weighted by Gasteiger charge is -2.09. The molecule has 2 rings (SSSR count). The number of rotatable bonds is 3. The van der Waals surface area contributed by atoms with Crippen molar-refractivity contribution in [3.8, 4) is 0 Å². The van der Waals surface area contributed by atoms with Gasteiger partial charge < -0.3 is 0 Å². The Labute approximate surface area is 91.5 Å². The topological polar surface area (TPSA) is 17.1 Å². The fraction of sp³-hybridized carbons (Fsp3) is 0.500. The summed E-state index contributed by atoms with van der Waals surface area (Å²) in [5.41, 5.74) is 2.44. The summed E-state index contributed by atoms with van der Waals surface area (Å²) in [4.78, 5) is 12.0. The van der Waals surface area contributed by atoms with Crippen LogP contribution < -0.4 is 0 Å². The first-order chi connectivity index (χ1) is 7.27. The summed E-state index contributed by atoms with van der Waals surface area (Å²) in [6, 6.07) is 8.20. The van der Waals surface area contributed by atoms with Crippen molar-refractivity contribution in [1.29, 1.82) is 0 Å². The monoisotopic (exact) mass is 202 g/mol. The zero-order chi connectivity index (χ0) is 10.7. The van der Waals surface area contributed by atoms with Gasteiger partial charge in [-0.2, -0.15) is 0 Å². The Kier molecular flexibility index (Phi) is 3.20. The molecular weight excluding hydrogens is 184 g/mol. The molecule has 0 N–H and O–H groups in total. The fourth-order valence-corrected chi connectivity index (χ4v) is 2.39. The maximum absolute atomic E-state index is 12.0. The Balaban J connectivity index is 2.02. The SMILES string of the molecule is Cc1ccccc1CC(=O)C1CCCC1. The number of hydrogen-bond donors (Lipinski definition) is 0. The predicted molar refractivity (Wildman–Crippen MR) is 61.8 cm³/mol. The largest absolute Gasteiger partial charge is 0.299 e. The third-order valence-corrected chi connectivity index (χ3v) is 3.44. The maximum Gasteiger partial charge on any atom is 0.140 e. The molecule has 0 radical (unpaired) electrons. The summed E-state index contributed by atoms with van der Waals surface area (Å²) in [7, 11) is 0. The number of aryl methyl sites for hydroxylation is 1. The fourth-order valence-electron chi connectivity index (χ4n) is 2.39. The van der Waals surface area contributed by atoms with Crippen LogP contribution in [0.15, 0.2) is 24.3 Å². The van der Waals surface area contributed by atoms with Crippen LogP contribution in [-0.4, -0.2) is 5.78 Å². The molecule has 0 unspecified atom stereocenters. The van der Waals surface area contributed by atoms with Crippen LogP contribution in [0.2, 0.25) is 0 Å². The average Bonchev–Trinajstić information content (AvgIpc) is 2.74. The third kappa shape index (κ3) is 2.47. The minimum Gasteiger partial charge on any atom is -0.299 e. The van der Waals surface area contributed by atoms with Crippen molar-refractivity contribution in [3.05, 3.63) is 35.4 Å². The van der Waals surface area contributed by atoms with Crippen molar-refractivity contribution in [2.45, 2.75) is 39.0 Å². The first kappa shape index (κ1) is 10.4. The lowest BCUT2D eigenvalue weighted by atomic mass is 9.95. The van der Waals surface area contributed by atoms with Gasteiger partial charge in [-0.25, -0.2) is 0 Å². The van der Waals surface area contributed by atoms with Crippen molar-refractivity contribution < 1.29 is 4.79 Å². The van der Waals surface area contributed by atoms with Gasteiger partial charge in [-0.15, -0.1) is 0 Å². The van der Waals surface area contributed by atoms with Gasteiger partial charge in [0.2, 0.25) is 0 Å². The summed E-state index contributed by atoms with van der Waals surface area (Å²) < 4.78 is 0. The second-order valence-electron chi connectivity index (χ2n) is 4.55. The first-order valence-electron chi connectivity index (χ1n) is 5.84. The molecule has 80 valence electrons. The highest BCUT2D eigenvalue weighted by molar-refractivity contribution is 5.83. The van der Waals surface area contributed by atoms with Crippen LogP contribution in [-0.2, 0) is 11.2 Å². The minimum absolute atomic E-state index is 0.351. The van der Waals surface area contributed by atoms with Crippen molar-refractivity contribution in [1.82, 2.24) is 0 Å². The number of carbonyl (C=O) groups is 1. The van der Waals surface area contributed by atoms with Gasteiger partial charge in [0.25, 0.3) is 0 Å². The van der Waals surface area contributed by atoms with Gasteiger partial charge in [0, 0.05) is 12.3 Å². The standard InChI is InChI=1S/C14H18O/c1-11-6-2-3-9-13(11)10-14(15)12-7-4-5-8-12/h2-3,6,9,12H,4-5,7-8,10H2,1H3. The van der Waals surface area contributed by atoms with Crippen molar-refractivity contribution in [2.75, 3.05) is 0 Å². The minimum atomic E-state index is 0.351. The summed E-state index contributed by atoms with van der Waals surface area (Å²) in [6.45, 7) is 2.08. The molecule has 0 aromatic heterocycles. The Hall–Kier alpha value is -1.11. The molecule has 0 heterocycles. The van der Waals surface area contributed by atoms with Gasteiger partial charge >= 0.3 is 0 Å². The lowest BCUT2D eigenvalue weighted by Crippen LogP contribution is -2.13. The summed E-state index contributed by atoms with van der Waals surface area (Å²) in [6.07, 6.45) is 5.35. The molecule has 0 amide bonds. The number of benzene rings is 1. The van der Waals surface area contributed by atoms with E-state index in [1.165, 1.54) is 24.0 Å². The lowest BCUT2D eigenvalue weighted by molar-refractivity contribution is -0.122. The van der Waals surface area contributed by atoms with Crippen LogP contribution >= 0.6 is 0 Å². The van der Waals surface area contributed by atoms with E-state index in [0.717, 1.165) is 12.8 Å². The molecule has 0 saturated heterocycles. The van der Waals surface area contributed by atoms with Crippen LogP contribution in [0.4, 0.5) is 0 Å². The van der Waals surface area contributed by atoms with Crippen LogP contribution in [0.1, 0.15) is 36.8 Å². The van der Waals surface area contributed by atoms with Gasteiger partial charge in [-0.1, -0.05) is 37.1 Å². The highest BCUT2D eigenvalue weighted by Gasteiger charge is 2.22. The van der Waals surface area contributed by atoms with Crippen LogP contribution in [0.25, 0.3) is 0 Å². The molecule has 0 spiro atoms. The third-order valence-electron chi connectivity index (χ3n) is 3.44. The molecule has 1 aliphatic carbocycles. The van der Waals surface area contributed by atoms with Gasteiger partial charge in [0.05, 0.1) is 0 Å². The molecular formula is C14H18O. The average molecular weight is 202 g/mol. The molecule has 1 heteroatoms. The molecule has 0 bridgehead atoms. The van der Waals surface area contributed by atoms with Gasteiger partial charge in [0.1, 0.15) is 5.78 Å². The summed E-state index contributed by atoms with van der Waals surface area (Å²) in [5, 5.41) is 0. The van der Waals surface area contributed by atoms with Crippen LogP contribution in [0.5, 0.6) is 0 Å². The van der Waals surface area contributed by atoms with Gasteiger partial charge in [-0.3, -0.25) is 4.79 Å². The molecule has 1 aromatic carbocycles. The zero-order valence-electron chi connectivity index (χ0n) is 9.33. The molecule has 1 nitrogen and oxygen atoms in total. The molecule has 1 fully saturated rings. The van der Waals surface area contributed by atoms with E-state index in [9.17, 15) is 4.79 Å². The first-order valence-corrected chi connectivity index (χ1v) is 5.84. The molecule has 1 aromatic rings. The van der Waals surface area contributed by atoms with E-state index in [2.05, 4.69) is 19.1 Å². The highest BCUT2D eigenvalue weighted by atomic mass is 16.1. The van der Waals surface area contributed by atoms with Crippen molar-refractivity contribution in [3.63, 3.8) is 0 Å². The van der Waals surface area contributed by atoms with E-state index < -0.39 is 0 Å². The smallest absolute Gasteiger partial charge is 0.140 e. The van der Waals surface area contributed by atoms with Crippen LogP contribution in [0.3, 0.4) is 0 Å². The Morgan fingerprint density at radius 1 is 1.27 bits per heavy atom. The Morgan fingerprint density at radius 3 is 2.60 bits per heavy atom. The second kappa shape index (κ2) is 4.61. The molecule has 0 aliphatic heterocycles. The van der Waals surface area contributed by atoms with Gasteiger partial charge in [-0.05, 0) is 30.9 Å². The molecule has 1 aliphatic rings. The van der Waals surface area contributed by atoms with E-state index in [1.807, 2.05) is 12.1 Å². The zero-order valence-corrected chi connectivity index (χ0v) is 9.33. The van der Waals surface area contributed by atoms with E-state index in [4.69, 9.17) is 0 Å². The number of carbonyl (C=O) groups excluding carboxylic acids is 1.